The molecule has 529 valence electrons. The Kier molecular flexibility index (Phi) is 39.9. The molecule has 0 spiro atoms. The number of hydrogen-bond donors (Lipinski definition) is 3. The maximum atomic E-state index is 10.5. The van der Waals surface area contributed by atoms with Gasteiger partial charge in [-0.2, -0.15) is 0 Å². The summed E-state index contributed by atoms with van der Waals surface area (Å²) in [7, 11) is 5.15. The number of halogens is 4. The number of carbonyl (C=O) groups excluding carboxylic acids is 2. The first-order chi connectivity index (χ1) is 48.9. The summed E-state index contributed by atoms with van der Waals surface area (Å²) in [5, 5.41) is 29.3. The number of aliphatic hydroxyl groups excluding tert-OH is 1. The van der Waals surface area contributed by atoms with Gasteiger partial charge in [-0.1, -0.05) is 216 Å². The number of ether oxygens (including phenoxy) is 1. The van der Waals surface area contributed by atoms with Gasteiger partial charge in [-0.25, -0.2) is 4.79 Å². The van der Waals surface area contributed by atoms with E-state index in [0.717, 1.165) is 138 Å². The first-order valence-electron chi connectivity index (χ1n) is 34.2. The second kappa shape index (κ2) is 48.0. The third kappa shape index (κ3) is 28.5. The molecule has 4 aliphatic heterocycles. The Labute approximate surface area is 643 Å². The monoisotopic (exact) mass is 1450 g/mol. The largest absolute Gasteiger partial charge is 1.00 e. The van der Waals surface area contributed by atoms with Crippen molar-refractivity contribution in [3.63, 3.8) is 0 Å². The molecule has 12 rings (SSSR count). The number of carbonyl (C=O) groups is 3. The van der Waals surface area contributed by atoms with Crippen LogP contribution in [0.15, 0.2) is 218 Å². The molecule has 4 saturated heterocycles. The number of rotatable bonds is 23. The van der Waals surface area contributed by atoms with Gasteiger partial charge in [0, 0.05) is 140 Å². The number of carboxylic acid groups (broad SMARTS) is 1. The molecule has 0 bridgehead atoms. The van der Waals surface area contributed by atoms with Crippen molar-refractivity contribution in [1.82, 2.24) is 39.6 Å². The molecule has 4 heterocycles. The van der Waals surface area contributed by atoms with E-state index >= 15 is 0 Å². The average molecular weight is 1460 g/mol. The molecule has 0 aromatic heterocycles. The van der Waals surface area contributed by atoms with Crippen LogP contribution >= 0.6 is 46.4 Å². The van der Waals surface area contributed by atoms with Gasteiger partial charge in [0.05, 0.1) is 37.2 Å². The van der Waals surface area contributed by atoms with Gasteiger partial charge in [0.1, 0.15) is 19.2 Å². The molecule has 101 heavy (non-hydrogen) atoms. The van der Waals surface area contributed by atoms with E-state index in [9.17, 15) is 14.4 Å². The van der Waals surface area contributed by atoms with Gasteiger partial charge in [0.2, 0.25) is 0 Å². The number of nitrogens with zero attached hydrogens (tertiary/aromatic N) is 8. The van der Waals surface area contributed by atoms with E-state index in [-0.39, 0.29) is 62.1 Å². The first-order valence-corrected chi connectivity index (χ1v) is 35.7. The molecular formula is C80H96BCl4N9NaO6. The van der Waals surface area contributed by atoms with E-state index in [4.69, 9.17) is 66.6 Å². The minimum atomic E-state index is -0.923. The van der Waals surface area contributed by atoms with Gasteiger partial charge < -0.3 is 47.5 Å². The first kappa shape index (κ1) is 83.8. The molecule has 4 fully saturated rings. The molecular weight excluding hydrogens is 1360 g/mol. The van der Waals surface area contributed by atoms with Crippen molar-refractivity contribution < 1.29 is 60.3 Å². The fourth-order valence-electron chi connectivity index (χ4n) is 13.2. The SMILES string of the molecule is CO.Clc1ccc(C(c2ccccc2)N2CCN(CCCN3CCN(C(c4ccccc4)c4ccc(Cl)cc4)CC3)CC2)cc1.Clc1ccc(C(c2ccccc2)N2CCNCC2)cc1.O=C(O)COCCN1CCN(C(c2ccccc2)c2ccc(Cl)cc2)CC1.O=CCC=O.[B-]C#N.[HH].[Na+]. The zero-order valence-electron chi connectivity index (χ0n) is 58.2. The van der Waals surface area contributed by atoms with Crippen LogP contribution in [0.5, 0.6) is 0 Å². The Balaban J connectivity index is 0.000000272. The summed E-state index contributed by atoms with van der Waals surface area (Å²) in [5.74, 6) is 0.327. The summed E-state index contributed by atoms with van der Waals surface area (Å²) < 4.78 is 5.15. The number of carboxylic acids is 1. The smallest absolute Gasteiger partial charge is 0.480 e. The molecule has 0 amide bonds. The average Bonchev–Trinajstić information content (AvgIpc) is 0.848. The molecule has 4 unspecified atom stereocenters. The van der Waals surface area contributed by atoms with Crippen LogP contribution in [0.4, 0.5) is 0 Å². The summed E-state index contributed by atoms with van der Waals surface area (Å²) in [6.07, 6.45) is 2.37. The fraction of sp³-hybridized carbons (Fsp3) is 0.350. The molecule has 4 aliphatic rings. The van der Waals surface area contributed by atoms with E-state index in [2.05, 4.69) is 211 Å². The van der Waals surface area contributed by atoms with Crippen molar-refractivity contribution in [2.45, 2.75) is 37.0 Å². The van der Waals surface area contributed by atoms with Crippen LogP contribution in [0.2, 0.25) is 20.1 Å². The molecule has 3 radical (unpaired) electrons. The molecule has 4 atom stereocenters. The third-order valence-electron chi connectivity index (χ3n) is 18.0. The van der Waals surface area contributed by atoms with E-state index < -0.39 is 5.97 Å². The van der Waals surface area contributed by atoms with E-state index in [1.807, 2.05) is 54.6 Å². The molecule has 0 saturated carbocycles. The van der Waals surface area contributed by atoms with Crippen LogP contribution in [-0.4, -0.2) is 216 Å². The Bertz CT molecular complexity index is 3470. The third-order valence-corrected chi connectivity index (χ3v) is 19.0. The predicted molar refractivity (Wildman–Crippen MR) is 409 cm³/mol. The van der Waals surface area contributed by atoms with Crippen LogP contribution in [0.25, 0.3) is 0 Å². The minimum absolute atomic E-state index is 0. The number of nitrogens with one attached hydrogen (secondary N) is 1. The zero-order chi connectivity index (χ0) is 71.1. The zero-order valence-corrected chi connectivity index (χ0v) is 63.2. The van der Waals surface area contributed by atoms with Gasteiger partial charge in [0.25, 0.3) is 0 Å². The van der Waals surface area contributed by atoms with Gasteiger partial charge in [0.15, 0.2) is 0 Å². The summed E-state index contributed by atoms with van der Waals surface area (Å²) in [6.45, 7) is 20.1. The normalized spacial score (nSPS) is 16.5. The van der Waals surface area contributed by atoms with E-state index in [1.54, 1.807) is 0 Å². The van der Waals surface area contributed by atoms with E-state index in [0.29, 0.717) is 25.2 Å². The Morgan fingerprint density at radius 1 is 0.446 bits per heavy atom. The number of nitriles is 1. The number of piperazine rings is 4. The quantitative estimate of drug-likeness (QED) is 0.0240. The van der Waals surface area contributed by atoms with Crippen molar-refractivity contribution in [1.29, 1.82) is 5.26 Å². The van der Waals surface area contributed by atoms with Crippen LogP contribution < -0.4 is 34.9 Å². The molecule has 8 aromatic carbocycles. The van der Waals surface area contributed by atoms with Gasteiger partial charge >= 0.3 is 35.5 Å². The minimum Gasteiger partial charge on any atom is -0.480 e. The number of hydrogen-bond acceptors (Lipinski definition) is 14. The molecule has 21 heteroatoms. The Hall–Kier alpha value is -6.12. The van der Waals surface area contributed by atoms with Crippen molar-refractivity contribution in [3.8, 4) is 5.97 Å². The Morgan fingerprint density at radius 3 is 0.921 bits per heavy atom. The van der Waals surface area contributed by atoms with Crippen molar-refractivity contribution in [2.75, 3.05) is 145 Å². The van der Waals surface area contributed by atoms with Crippen LogP contribution in [0.1, 0.15) is 82.9 Å². The van der Waals surface area contributed by atoms with Crippen molar-refractivity contribution in [2.24, 2.45) is 0 Å². The number of benzene rings is 8. The maximum Gasteiger partial charge on any atom is 1.00 e. The summed E-state index contributed by atoms with van der Waals surface area (Å²) in [5.41, 5.74) is 10.5. The fourth-order valence-corrected chi connectivity index (χ4v) is 13.7. The summed E-state index contributed by atoms with van der Waals surface area (Å²) >= 11 is 24.5. The number of aliphatic carboxylic acids is 1. The molecule has 15 nitrogen and oxygen atoms in total. The molecule has 8 aromatic rings. The second-order valence-electron chi connectivity index (χ2n) is 24.4. The molecule has 0 aliphatic carbocycles. The standard InChI is InChI=1S/C37H42Cl2N4.C21H25ClN2O3.C17H19ClN2.C3H4O2.CBN.CH4O.Na.H2/c38-34-16-12-32(13-17-34)36(30-8-3-1-4-9-30)42-26-22-40(23-27-42)20-7-21-41-24-28-43(29-25-41)37(31-10-5-2-6-11-31)33-14-18-35(39)19-15-33;22-19-8-6-18(7-9-19)21(17-4-2-1-3-5-17)24-12-10-23(11-13-24)14-15-27-16-20(25)26;18-16-8-6-15(7-9-16)17(14-4-2-1-3-5-14)20-12-10-19-11-13-20;4-2-1-3-5;2-1-3;1-2;;/h1-6,8-19,36-37H,7,20-29H2;1-9,21H,10-16H2,(H,25,26);1-9,17,19H,10-13H2;2-3H,1H2;;2H,1H3;;1H/q;;;;-1;;+1;. The Morgan fingerprint density at radius 2 is 0.683 bits per heavy atom. The van der Waals surface area contributed by atoms with E-state index in [1.165, 1.54) is 70.0 Å². The topological polar surface area (TPSA) is 159 Å². The van der Waals surface area contributed by atoms with Gasteiger partial charge in [-0.15, -0.1) is 0 Å². The number of aliphatic hydroxyl groups is 1. The maximum absolute atomic E-state index is 10.5. The molecule has 3 N–H and O–H groups in total. The van der Waals surface area contributed by atoms with Crippen molar-refractivity contribution in [3.05, 3.63) is 283 Å². The second-order valence-corrected chi connectivity index (χ2v) is 26.1. The predicted octanol–water partition coefficient (Wildman–Crippen LogP) is 10.2. The van der Waals surface area contributed by atoms with Gasteiger partial charge in [-0.05, 0) is 113 Å². The van der Waals surface area contributed by atoms with Crippen LogP contribution in [0.3, 0.4) is 0 Å². The van der Waals surface area contributed by atoms with Crippen LogP contribution in [-0.2, 0) is 19.1 Å². The summed E-state index contributed by atoms with van der Waals surface area (Å²) in [4.78, 5) is 46.8. The van der Waals surface area contributed by atoms with Gasteiger partial charge in [-0.3, -0.25) is 35.7 Å². The van der Waals surface area contributed by atoms with Crippen LogP contribution in [0, 0.1) is 11.2 Å². The summed E-state index contributed by atoms with van der Waals surface area (Å²) in [6, 6.07) is 77.2. The van der Waals surface area contributed by atoms with Crippen molar-refractivity contribution >= 4 is 72.8 Å². The number of aldehydes is 2.